The van der Waals surface area contributed by atoms with E-state index in [1.807, 2.05) is 26.0 Å². The van der Waals surface area contributed by atoms with Gasteiger partial charge in [-0.1, -0.05) is 17.7 Å². The van der Waals surface area contributed by atoms with Gasteiger partial charge in [-0.05, 0) is 45.4 Å². The lowest BCUT2D eigenvalue weighted by Gasteiger charge is -2.34. The van der Waals surface area contributed by atoms with Gasteiger partial charge in [-0.25, -0.2) is 8.42 Å². The molecule has 2 heterocycles. The molecule has 1 aliphatic heterocycles. The molecule has 0 atom stereocenters. The van der Waals surface area contributed by atoms with E-state index in [0.29, 0.717) is 35.1 Å². The molecule has 0 saturated carbocycles. The van der Waals surface area contributed by atoms with Crippen molar-refractivity contribution in [3.05, 3.63) is 52.5 Å². The van der Waals surface area contributed by atoms with Gasteiger partial charge in [0.1, 0.15) is 11.5 Å². The smallest absolute Gasteiger partial charge is 0.257 e. The van der Waals surface area contributed by atoms with E-state index < -0.39 is 10.0 Å². The van der Waals surface area contributed by atoms with Gasteiger partial charge in [0, 0.05) is 26.2 Å². The van der Waals surface area contributed by atoms with Crippen LogP contribution in [0.2, 0.25) is 0 Å². The summed E-state index contributed by atoms with van der Waals surface area (Å²) < 4.78 is 32.8. The molecular formula is C19H24N2O4S. The first-order valence-electron chi connectivity index (χ1n) is 8.64. The van der Waals surface area contributed by atoms with Crippen LogP contribution < -0.4 is 0 Å². The summed E-state index contributed by atoms with van der Waals surface area (Å²) in [4.78, 5) is 14.7. The predicted molar refractivity (Wildman–Crippen MR) is 98.8 cm³/mol. The second-order valence-corrected chi connectivity index (χ2v) is 8.70. The summed E-state index contributed by atoms with van der Waals surface area (Å²) >= 11 is 0. The fraction of sp³-hybridized carbons (Fsp3) is 0.421. The Morgan fingerprint density at radius 2 is 1.65 bits per heavy atom. The molecule has 0 bridgehead atoms. The van der Waals surface area contributed by atoms with Crippen molar-refractivity contribution in [3.63, 3.8) is 0 Å². The highest BCUT2D eigenvalue weighted by atomic mass is 32.2. The number of hydrogen-bond donors (Lipinski definition) is 0. The molecule has 1 aromatic heterocycles. The van der Waals surface area contributed by atoms with Gasteiger partial charge in [-0.2, -0.15) is 4.31 Å². The molecule has 1 amide bonds. The van der Waals surface area contributed by atoms with Crippen LogP contribution in [0.1, 0.15) is 33.0 Å². The minimum Gasteiger partial charge on any atom is -0.466 e. The van der Waals surface area contributed by atoms with Crippen LogP contribution in [0.15, 0.2) is 33.6 Å². The average molecular weight is 376 g/mol. The molecule has 0 unspecified atom stereocenters. The molecule has 0 N–H and O–H groups in total. The average Bonchev–Trinajstić information content (AvgIpc) is 2.92. The van der Waals surface area contributed by atoms with E-state index in [0.717, 1.165) is 11.1 Å². The number of carbonyl (C=O) groups excluding carboxylic acids is 1. The van der Waals surface area contributed by atoms with E-state index in [9.17, 15) is 13.2 Å². The van der Waals surface area contributed by atoms with Gasteiger partial charge in [0.15, 0.2) is 0 Å². The van der Waals surface area contributed by atoms with Gasteiger partial charge in [-0.3, -0.25) is 4.79 Å². The number of nitrogens with zero attached hydrogens (tertiary/aromatic N) is 2. The molecule has 1 saturated heterocycles. The lowest BCUT2D eigenvalue weighted by atomic mass is 10.2. The predicted octanol–water partition coefficient (Wildman–Crippen LogP) is 2.66. The van der Waals surface area contributed by atoms with Crippen molar-refractivity contribution in [2.45, 2.75) is 32.6 Å². The number of rotatable bonds is 3. The highest BCUT2D eigenvalue weighted by Gasteiger charge is 2.32. The summed E-state index contributed by atoms with van der Waals surface area (Å²) in [5.74, 6) is 1.18. The van der Waals surface area contributed by atoms with E-state index >= 15 is 0 Å². The topological polar surface area (TPSA) is 70.8 Å². The molecule has 26 heavy (non-hydrogen) atoms. The number of furan rings is 1. The number of sulfonamides is 1. The summed E-state index contributed by atoms with van der Waals surface area (Å²) in [5.41, 5.74) is 2.32. The zero-order valence-corrected chi connectivity index (χ0v) is 16.4. The SMILES string of the molecule is Cc1ccc(S(=O)(=O)N2CCN(C(=O)c3cc(C)oc3C)CC2)c(C)c1. The maximum Gasteiger partial charge on any atom is 0.257 e. The Morgan fingerprint density at radius 3 is 2.19 bits per heavy atom. The Kier molecular flexibility index (Phi) is 4.94. The summed E-state index contributed by atoms with van der Waals surface area (Å²) in [6.45, 7) is 8.63. The summed E-state index contributed by atoms with van der Waals surface area (Å²) in [5, 5.41) is 0. The lowest BCUT2D eigenvalue weighted by molar-refractivity contribution is 0.0696. The van der Waals surface area contributed by atoms with Crippen LogP contribution in [0, 0.1) is 27.7 Å². The molecular weight excluding hydrogens is 352 g/mol. The van der Waals surface area contributed by atoms with Crippen LogP contribution in [-0.4, -0.2) is 49.7 Å². The van der Waals surface area contributed by atoms with Gasteiger partial charge in [0.25, 0.3) is 5.91 Å². The van der Waals surface area contributed by atoms with Crippen molar-refractivity contribution in [2.24, 2.45) is 0 Å². The number of amides is 1. The van der Waals surface area contributed by atoms with Crippen molar-refractivity contribution >= 4 is 15.9 Å². The molecule has 7 heteroatoms. The molecule has 140 valence electrons. The van der Waals surface area contributed by atoms with E-state index in [2.05, 4.69) is 0 Å². The minimum absolute atomic E-state index is 0.108. The highest BCUT2D eigenvalue weighted by Crippen LogP contribution is 2.23. The van der Waals surface area contributed by atoms with Crippen LogP contribution in [0.25, 0.3) is 0 Å². The first-order valence-corrected chi connectivity index (χ1v) is 10.1. The quantitative estimate of drug-likeness (QED) is 0.826. The molecule has 6 nitrogen and oxygen atoms in total. The molecule has 1 aliphatic rings. The van der Waals surface area contributed by atoms with Crippen LogP contribution >= 0.6 is 0 Å². The summed E-state index contributed by atoms with van der Waals surface area (Å²) in [7, 11) is -3.55. The second-order valence-electron chi connectivity index (χ2n) is 6.79. The van der Waals surface area contributed by atoms with Crippen molar-refractivity contribution < 1.29 is 17.6 Å². The van der Waals surface area contributed by atoms with E-state index in [1.165, 1.54) is 4.31 Å². The molecule has 3 rings (SSSR count). The first kappa shape index (κ1) is 18.7. The third-order valence-electron chi connectivity index (χ3n) is 4.75. The van der Waals surface area contributed by atoms with Gasteiger partial charge in [-0.15, -0.1) is 0 Å². The Bertz CT molecular complexity index is 938. The maximum atomic E-state index is 12.9. The number of hydrogen-bond acceptors (Lipinski definition) is 4. The van der Waals surface area contributed by atoms with Gasteiger partial charge in [0.2, 0.25) is 10.0 Å². The molecule has 1 aromatic carbocycles. The van der Waals surface area contributed by atoms with Crippen LogP contribution in [0.3, 0.4) is 0 Å². The van der Waals surface area contributed by atoms with Crippen LogP contribution in [-0.2, 0) is 10.0 Å². The molecule has 0 spiro atoms. The summed E-state index contributed by atoms with van der Waals surface area (Å²) in [6.07, 6.45) is 0. The number of aryl methyl sites for hydroxylation is 4. The monoisotopic (exact) mass is 376 g/mol. The lowest BCUT2D eigenvalue weighted by Crippen LogP contribution is -2.50. The zero-order chi connectivity index (χ0) is 19.1. The fourth-order valence-electron chi connectivity index (χ4n) is 3.37. The molecule has 2 aromatic rings. The van der Waals surface area contributed by atoms with Crippen molar-refractivity contribution in [1.82, 2.24) is 9.21 Å². The molecule has 0 aliphatic carbocycles. The third kappa shape index (κ3) is 3.41. The molecule has 1 fully saturated rings. The van der Waals surface area contributed by atoms with Crippen LogP contribution in [0.4, 0.5) is 0 Å². The zero-order valence-electron chi connectivity index (χ0n) is 15.6. The van der Waals surface area contributed by atoms with E-state index in [-0.39, 0.29) is 19.0 Å². The largest absolute Gasteiger partial charge is 0.466 e. The Balaban J connectivity index is 1.73. The van der Waals surface area contributed by atoms with Crippen LogP contribution in [0.5, 0.6) is 0 Å². The highest BCUT2D eigenvalue weighted by molar-refractivity contribution is 7.89. The Hall–Kier alpha value is -2.12. The van der Waals surface area contributed by atoms with Crippen molar-refractivity contribution in [3.8, 4) is 0 Å². The van der Waals surface area contributed by atoms with Gasteiger partial charge < -0.3 is 9.32 Å². The Morgan fingerprint density at radius 1 is 1.00 bits per heavy atom. The van der Waals surface area contributed by atoms with Crippen molar-refractivity contribution in [2.75, 3.05) is 26.2 Å². The third-order valence-corrected chi connectivity index (χ3v) is 6.80. The van der Waals surface area contributed by atoms with Crippen molar-refractivity contribution in [1.29, 1.82) is 0 Å². The Labute approximate surface area is 154 Å². The summed E-state index contributed by atoms with van der Waals surface area (Å²) in [6, 6.07) is 7.08. The minimum atomic E-state index is -3.55. The van der Waals surface area contributed by atoms with E-state index in [1.54, 1.807) is 30.9 Å². The molecule has 0 radical (unpaired) electrons. The van der Waals surface area contributed by atoms with Gasteiger partial charge >= 0.3 is 0 Å². The normalized spacial score (nSPS) is 16.1. The fourth-order valence-corrected chi connectivity index (χ4v) is 5.00. The first-order chi connectivity index (χ1) is 12.2. The van der Waals surface area contributed by atoms with Gasteiger partial charge in [0.05, 0.1) is 10.5 Å². The number of carbonyl (C=O) groups is 1. The maximum absolute atomic E-state index is 12.9. The number of benzene rings is 1. The second kappa shape index (κ2) is 6.89. The standard InChI is InChI=1S/C19H24N2O4S/c1-13-5-6-18(14(2)11-13)26(23,24)21-9-7-20(8-10-21)19(22)17-12-15(3)25-16(17)4/h5-6,11-12H,7-10H2,1-4H3. The number of piperazine rings is 1. The van der Waals surface area contributed by atoms with E-state index in [4.69, 9.17) is 4.42 Å².